The Morgan fingerprint density at radius 3 is 2.89 bits per heavy atom. The van der Waals surface area contributed by atoms with Gasteiger partial charge in [0.2, 0.25) is 0 Å². The van der Waals surface area contributed by atoms with Crippen molar-refractivity contribution in [2.75, 3.05) is 19.4 Å². The van der Waals surface area contributed by atoms with Crippen molar-refractivity contribution in [3.8, 4) is 0 Å². The fourth-order valence-corrected chi connectivity index (χ4v) is 2.24. The van der Waals surface area contributed by atoms with E-state index in [1.165, 1.54) is 6.26 Å². The molecule has 1 aromatic carbocycles. The van der Waals surface area contributed by atoms with Crippen LogP contribution in [0.25, 0.3) is 11.0 Å². The van der Waals surface area contributed by atoms with E-state index in [0.717, 1.165) is 0 Å². The fraction of sp³-hybridized carbons (Fsp3) is 0.364. The Morgan fingerprint density at radius 1 is 1.44 bits per heavy atom. The number of hydrogen-bond acceptors (Lipinski definition) is 5. The van der Waals surface area contributed by atoms with Crippen molar-refractivity contribution < 1.29 is 13.2 Å². The van der Waals surface area contributed by atoms with Gasteiger partial charge in [-0.2, -0.15) is 0 Å². The molecule has 0 unspecified atom stereocenters. The van der Waals surface area contributed by atoms with Crippen molar-refractivity contribution >= 4 is 20.9 Å². The zero-order valence-electron chi connectivity index (χ0n) is 10.0. The van der Waals surface area contributed by atoms with Crippen LogP contribution < -0.4 is 5.73 Å². The fourth-order valence-electron chi connectivity index (χ4n) is 1.59. The molecule has 0 aliphatic carbocycles. The maximum Gasteiger partial charge on any atom is 0.175 e. The summed E-state index contributed by atoms with van der Waals surface area (Å²) in [5.74, 6) is 0.657. The minimum atomic E-state index is -3.20. The van der Waals surface area contributed by atoms with E-state index in [2.05, 4.69) is 9.97 Å². The van der Waals surface area contributed by atoms with Crippen LogP contribution in [0.15, 0.2) is 23.1 Å². The molecule has 0 aliphatic rings. The van der Waals surface area contributed by atoms with Gasteiger partial charge in [-0.25, -0.2) is 13.4 Å². The first-order valence-electron chi connectivity index (χ1n) is 5.47. The zero-order valence-corrected chi connectivity index (χ0v) is 10.8. The van der Waals surface area contributed by atoms with Crippen molar-refractivity contribution in [3.63, 3.8) is 0 Å². The van der Waals surface area contributed by atoms with E-state index in [1.54, 1.807) is 18.2 Å². The summed E-state index contributed by atoms with van der Waals surface area (Å²) in [6.45, 7) is 1.25. The first-order chi connectivity index (χ1) is 8.50. The Hall–Kier alpha value is -1.44. The number of benzene rings is 1. The summed E-state index contributed by atoms with van der Waals surface area (Å²) in [5, 5.41) is 0. The number of rotatable bonds is 5. The van der Waals surface area contributed by atoms with E-state index in [1.807, 2.05) is 0 Å². The Kier molecular flexibility index (Phi) is 3.65. The Labute approximate surface area is 105 Å². The molecule has 1 heterocycles. The van der Waals surface area contributed by atoms with E-state index in [-0.39, 0.29) is 4.90 Å². The third-order valence-electron chi connectivity index (χ3n) is 2.43. The lowest BCUT2D eigenvalue weighted by molar-refractivity contribution is 0.123. The van der Waals surface area contributed by atoms with Gasteiger partial charge >= 0.3 is 0 Å². The number of hydrogen-bond donors (Lipinski definition) is 2. The summed E-state index contributed by atoms with van der Waals surface area (Å²) in [6, 6.07) is 4.79. The molecule has 0 bridgehead atoms. The predicted octanol–water partition coefficient (Wildman–Crippen LogP) is 0.442. The number of nitrogens with two attached hydrogens (primary N) is 1. The van der Waals surface area contributed by atoms with Gasteiger partial charge in [-0.05, 0) is 18.2 Å². The Morgan fingerprint density at radius 2 is 2.22 bits per heavy atom. The van der Waals surface area contributed by atoms with E-state index in [9.17, 15) is 8.42 Å². The zero-order chi connectivity index (χ0) is 13.2. The van der Waals surface area contributed by atoms with E-state index < -0.39 is 9.84 Å². The lowest BCUT2D eigenvalue weighted by Crippen LogP contribution is -2.08. The number of H-pyrrole nitrogens is 1. The quantitative estimate of drug-likeness (QED) is 0.768. The van der Waals surface area contributed by atoms with Crippen molar-refractivity contribution in [2.24, 2.45) is 5.73 Å². The standard InChI is InChI=1S/C11H15N3O3S/c1-18(15,16)8-2-3-9-10(6-8)14-11(13-9)7-17-5-4-12/h2-3,6H,4-5,7,12H2,1H3,(H,13,14). The molecule has 0 saturated heterocycles. The third kappa shape index (κ3) is 2.87. The van der Waals surface area contributed by atoms with E-state index >= 15 is 0 Å². The average Bonchev–Trinajstić information content (AvgIpc) is 2.69. The van der Waals surface area contributed by atoms with Crippen LogP contribution in [0, 0.1) is 0 Å². The third-order valence-corrected chi connectivity index (χ3v) is 3.54. The second-order valence-corrected chi connectivity index (χ2v) is 5.99. The van der Waals surface area contributed by atoms with Gasteiger partial charge < -0.3 is 15.5 Å². The van der Waals surface area contributed by atoms with Crippen LogP contribution in [0.4, 0.5) is 0 Å². The van der Waals surface area contributed by atoms with Crippen LogP contribution in [-0.2, 0) is 21.2 Å². The van der Waals surface area contributed by atoms with Crippen LogP contribution in [0.1, 0.15) is 5.82 Å². The highest BCUT2D eigenvalue weighted by Gasteiger charge is 2.10. The number of imidazole rings is 1. The summed E-state index contributed by atoms with van der Waals surface area (Å²) in [7, 11) is -3.20. The number of sulfone groups is 1. The molecule has 6 nitrogen and oxygen atoms in total. The summed E-state index contributed by atoms with van der Waals surface area (Å²) in [6.07, 6.45) is 1.18. The number of aromatic amines is 1. The van der Waals surface area contributed by atoms with Crippen LogP contribution in [0.5, 0.6) is 0 Å². The molecule has 2 aromatic rings. The van der Waals surface area contributed by atoms with Crippen LogP contribution in [0.3, 0.4) is 0 Å². The van der Waals surface area contributed by atoms with Crippen molar-refractivity contribution in [2.45, 2.75) is 11.5 Å². The van der Waals surface area contributed by atoms with Gasteiger partial charge in [0.15, 0.2) is 9.84 Å². The van der Waals surface area contributed by atoms with Gasteiger partial charge in [0.05, 0.1) is 22.5 Å². The molecule has 0 radical (unpaired) electrons. The molecule has 0 atom stereocenters. The highest BCUT2D eigenvalue weighted by Crippen LogP contribution is 2.17. The van der Waals surface area contributed by atoms with Crippen molar-refractivity contribution in [1.29, 1.82) is 0 Å². The summed E-state index contributed by atoms with van der Waals surface area (Å²) in [5.41, 5.74) is 6.71. The number of ether oxygens (including phenoxy) is 1. The van der Waals surface area contributed by atoms with Gasteiger partial charge in [-0.3, -0.25) is 0 Å². The first-order valence-corrected chi connectivity index (χ1v) is 7.36. The molecule has 18 heavy (non-hydrogen) atoms. The van der Waals surface area contributed by atoms with Crippen LogP contribution in [0.2, 0.25) is 0 Å². The minimum absolute atomic E-state index is 0.271. The molecule has 0 aliphatic heterocycles. The molecule has 2 rings (SSSR count). The molecular formula is C11H15N3O3S. The lowest BCUT2D eigenvalue weighted by atomic mass is 10.3. The number of nitrogens with one attached hydrogen (secondary N) is 1. The van der Waals surface area contributed by atoms with Crippen molar-refractivity contribution in [1.82, 2.24) is 9.97 Å². The second-order valence-electron chi connectivity index (χ2n) is 3.98. The SMILES string of the molecule is CS(=O)(=O)c1ccc2nc(COCCN)[nH]c2c1. The minimum Gasteiger partial charge on any atom is -0.372 e. The van der Waals surface area contributed by atoms with Gasteiger partial charge in [0, 0.05) is 12.8 Å². The smallest absolute Gasteiger partial charge is 0.175 e. The molecule has 0 saturated carbocycles. The summed E-state index contributed by atoms with van der Waals surface area (Å²) < 4.78 is 28.1. The second kappa shape index (κ2) is 5.05. The summed E-state index contributed by atoms with van der Waals surface area (Å²) in [4.78, 5) is 7.59. The van der Waals surface area contributed by atoms with E-state index in [4.69, 9.17) is 10.5 Å². The molecule has 98 valence electrons. The Bertz CT molecular complexity index is 649. The largest absolute Gasteiger partial charge is 0.372 e. The van der Waals surface area contributed by atoms with Gasteiger partial charge in [0.1, 0.15) is 12.4 Å². The maximum atomic E-state index is 11.4. The monoisotopic (exact) mass is 269 g/mol. The molecule has 3 N–H and O–H groups in total. The highest BCUT2D eigenvalue weighted by molar-refractivity contribution is 7.90. The topological polar surface area (TPSA) is 98.1 Å². The molecule has 1 aromatic heterocycles. The highest BCUT2D eigenvalue weighted by atomic mass is 32.2. The van der Waals surface area contributed by atoms with E-state index in [0.29, 0.717) is 36.6 Å². The summed E-state index contributed by atoms with van der Waals surface area (Å²) >= 11 is 0. The molecule has 7 heteroatoms. The lowest BCUT2D eigenvalue weighted by Gasteiger charge is -1.97. The predicted molar refractivity (Wildman–Crippen MR) is 67.9 cm³/mol. The average molecular weight is 269 g/mol. The maximum absolute atomic E-state index is 11.4. The first kappa shape index (κ1) is 13.0. The van der Waals surface area contributed by atoms with Gasteiger partial charge in [-0.1, -0.05) is 0 Å². The molecule has 0 spiro atoms. The van der Waals surface area contributed by atoms with Gasteiger partial charge in [0.25, 0.3) is 0 Å². The number of fused-ring (bicyclic) bond motifs is 1. The Balaban J connectivity index is 2.28. The van der Waals surface area contributed by atoms with Crippen LogP contribution in [-0.4, -0.2) is 37.8 Å². The van der Waals surface area contributed by atoms with Gasteiger partial charge in [-0.15, -0.1) is 0 Å². The van der Waals surface area contributed by atoms with Crippen molar-refractivity contribution in [3.05, 3.63) is 24.0 Å². The normalized spacial score (nSPS) is 12.1. The molecule has 0 amide bonds. The van der Waals surface area contributed by atoms with Crippen LogP contribution >= 0.6 is 0 Å². The molecular weight excluding hydrogens is 254 g/mol. The number of aromatic nitrogens is 2. The number of nitrogens with zero attached hydrogens (tertiary/aromatic N) is 1. The molecule has 0 fully saturated rings.